The van der Waals surface area contributed by atoms with Gasteiger partial charge in [-0.05, 0) is 72.8 Å². The smallest absolute Gasteiger partial charge is 0.314 e. The number of carbonyl (C=O) groups excluding carboxylic acids is 4. The molecule has 0 unspecified atom stereocenters. The van der Waals surface area contributed by atoms with Crippen LogP contribution in [0.15, 0.2) is 119 Å². The molecule has 8 N–H and O–H groups in total. The summed E-state index contributed by atoms with van der Waals surface area (Å²) in [5.74, 6) is -4.47. The molecule has 6 aromatic carbocycles. The Bertz CT molecular complexity index is 2600. The summed E-state index contributed by atoms with van der Waals surface area (Å²) >= 11 is 0. The minimum Gasteiger partial charge on any atom is -0.507 e. The largest absolute Gasteiger partial charge is 0.507 e. The lowest BCUT2D eigenvalue weighted by molar-refractivity contribution is -0.132. The fourth-order valence-corrected chi connectivity index (χ4v) is 7.00. The van der Waals surface area contributed by atoms with Crippen LogP contribution in [-0.4, -0.2) is 59.8 Å². The van der Waals surface area contributed by atoms with Crippen LogP contribution >= 0.6 is 0 Å². The van der Waals surface area contributed by atoms with Crippen LogP contribution < -0.4 is 21.3 Å². The molecular formula is C36H26N4O12S2. The van der Waals surface area contributed by atoms with E-state index in [0.717, 1.165) is 12.1 Å². The number of benzene rings is 6. The first kappa shape index (κ1) is 36.9. The minimum atomic E-state index is -4.66. The van der Waals surface area contributed by atoms with E-state index < -0.39 is 53.7 Å². The molecule has 54 heavy (non-hydrogen) atoms. The van der Waals surface area contributed by atoms with Gasteiger partial charge in [-0.2, -0.15) is 16.8 Å². The van der Waals surface area contributed by atoms with Gasteiger partial charge in [0.15, 0.2) is 0 Å². The van der Waals surface area contributed by atoms with Crippen LogP contribution in [0.1, 0.15) is 20.7 Å². The summed E-state index contributed by atoms with van der Waals surface area (Å²) in [6.45, 7) is 0. The molecule has 0 bridgehead atoms. The minimum absolute atomic E-state index is 0.00284. The van der Waals surface area contributed by atoms with E-state index in [-0.39, 0.29) is 66.9 Å². The number of hydrogen-bond acceptors (Lipinski definition) is 10. The van der Waals surface area contributed by atoms with E-state index in [2.05, 4.69) is 21.3 Å². The van der Waals surface area contributed by atoms with Crippen LogP contribution in [0.2, 0.25) is 0 Å². The molecular weight excluding hydrogens is 745 g/mol. The van der Waals surface area contributed by atoms with Gasteiger partial charge in [-0.15, -0.1) is 0 Å². The van der Waals surface area contributed by atoms with E-state index in [0.29, 0.717) is 0 Å². The lowest BCUT2D eigenvalue weighted by atomic mass is 10.1. The second kappa shape index (κ2) is 14.3. The Morgan fingerprint density at radius 3 is 1.20 bits per heavy atom. The molecule has 0 aromatic heterocycles. The molecule has 6 rings (SSSR count). The zero-order chi connectivity index (χ0) is 38.9. The molecule has 18 heteroatoms. The van der Waals surface area contributed by atoms with Crippen molar-refractivity contribution in [2.24, 2.45) is 0 Å². The van der Waals surface area contributed by atoms with Crippen molar-refractivity contribution < 1.29 is 55.3 Å². The number of hydrogen-bond donors (Lipinski definition) is 8. The van der Waals surface area contributed by atoms with Gasteiger partial charge >= 0.3 is 11.8 Å². The summed E-state index contributed by atoms with van der Waals surface area (Å²) in [4.78, 5) is 51.0. The molecule has 16 nitrogen and oxygen atoms in total. The van der Waals surface area contributed by atoms with E-state index in [4.69, 9.17) is 0 Å². The molecule has 0 aliphatic heterocycles. The Morgan fingerprint density at radius 1 is 0.463 bits per heavy atom. The van der Waals surface area contributed by atoms with Crippen LogP contribution in [-0.2, 0) is 29.8 Å². The summed E-state index contributed by atoms with van der Waals surface area (Å²) < 4.78 is 66.6. The second-order valence-corrected chi connectivity index (χ2v) is 14.3. The van der Waals surface area contributed by atoms with Crippen LogP contribution in [0.25, 0.3) is 21.5 Å². The molecule has 0 heterocycles. The quantitative estimate of drug-likeness (QED) is 0.0753. The fourth-order valence-electron chi connectivity index (χ4n) is 5.62. The van der Waals surface area contributed by atoms with Gasteiger partial charge in [0.2, 0.25) is 0 Å². The molecule has 0 radical (unpaired) electrons. The number of aromatic hydroxyl groups is 2. The SMILES string of the molecule is O=C(Nc1cccc(C(=O)Nc2ccc(S(=O)(=O)O)c3cccc(O)c23)c1)C(=O)Nc1cccc(C(=O)Nc2ccc(S(=O)(=O)O)c3cccc(O)c23)c1. The maximum absolute atomic E-state index is 13.2. The third-order valence-electron chi connectivity index (χ3n) is 7.98. The molecule has 0 aliphatic carbocycles. The molecule has 0 saturated carbocycles. The third kappa shape index (κ3) is 7.66. The van der Waals surface area contributed by atoms with E-state index in [1.807, 2.05) is 0 Å². The van der Waals surface area contributed by atoms with Gasteiger partial charge in [-0.1, -0.05) is 36.4 Å². The van der Waals surface area contributed by atoms with Crippen molar-refractivity contribution in [2.45, 2.75) is 9.79 Å². The third-order valence-corrected chi connectivity index (χ3v) is 9.80. The van der Waals surface area contributed by atoms with Gasteiger partial charge < -0.3 is 31.5 Å². The van der Waals surface area contributed by atoms with Gasteiger partial charge in [-0.25, -0.2) is 0 Å². The Kier molecular flexibility index (Phi) is 9.76. The highest BCUT2D eigenvalue weighted by Gasteiger charge is 2.22. The summed E-state index contributed by atoms with van der Waals surface area (Å²) in [6, 6.07) is 23.4. The standard InChI is InChI=1S/C36H26N4O12S2/c41-27-11-3-9-23-29(53(47,48)49)15-13-25(31(23)27)39-33(43)19-5-1-7-21(17-19)37-35(45)36(46)38-22-8-2-6-20(18-22)34(44)40-26-14-16-30(54(50,51)52)24-10-4-12-28(42)32(24)26/h1-18,41-42H,(H,37,45)(H,38,46)(H,39,43)(H,40,44)(H,47,48,49)(H,50,51,52). The lowest BCUT2D eigenvalue weighted by Crippen LogP contribution is -2.29. The molecule has 274 valence electrons. The lowest BCUT2D eigenvalue weighted by Gasteiger charge is -2.13. The van der Waals surface area contributed by atoms with Gasteiger partial charge in [0, 0.05) is 44.0 Å². The number of amides is 4. The Morgan fingerprint density at radius 2 is 0.833 bits per heavy atom. The molecule has 0 aliphatic rings. The van der Waals surface area contributed by atoms with E-state index in [1.54, 1.807) is 0 Å². The summed E-state index contributed by atoms with van der Waals surface area (Å²) in [7, 11) is -9.33. The number of carbonyl (C=O) groups is 4. The molecule has 4 amide bonds. The molecule has 6 aromatic rings. The molecule has 0 atom stereocenters. The highest BCUT2D eigenvalue weighted by atomic mass is 32.2. The molecule has 0 spiro atoms. The number of anilines is 4. The zero-order valence-electron chi connectivity index (χ0n) is 27.3. The average Bonchev–Trinajstić information content (AvgIpc) is 3.11. The maximum Gasteiger partial charge on any atom is 0.314 e. The molecule has 0 saturated heterocycles. The van der Waals surface area contributed by atoms with E-state index in [9.17, 15) is 55.3 Å². The van der Waals surface area contributed by atoms with Crippen LogP contribution in [0, 0.1) is 0 Å². The van der Waals surface area contributed by atoms with Crippen molar-refractivity contribution in [3.8, 4) is 11.5 Å². The van der Waals surface area contributed by atoms with Crippen molar-refractivity contribution in [2.75, 3.05) is 21.3 Å². The van der Waals surface area contributed by atoms with Crippen LogP contribution in [0.5, 0.6) is 11.5 Å². The number of fused-ring (bicyclic) bond motifs is 2. The second-order valence-electron chi connectivity index (χ2n) is 11.6. The average molecular weight is 771 g/mol. The summed E-state index contributed by atoms with van der Waals surface area (Å²) in [5.41, 5.74) is 0.131. The highest BCUT2D eigenvalue weighted by Crippen LogP contribution is 2.37. The Hall–Kier alpha value is -6.86. The maximum atomic E-state index is 13.2. The predicted octanol–water partition coefficient (Wildman–Crippen LogP) is 4.98. The van der Waals surface area contributed by atoms with Crippen molar-refractivity contribution in [1.82, 2.24) is 0 Å². The molecule has 0 fully saturated rings. The van der Waals surface area contributed by atoms with Crippen LogP contribution in [0.4, 0.5) is 22.7 Å². The van der Waals surface area contributed by atoms with Crippen molar-refractivity contribution in [3.05, 3.63) is 120 Å². The summed E-state index contributed by atoms with van der Waals surface area (Å²) in [5, 5.41) is 30.5. The van der Waals surface area contributed by atoms with Gasteiger partial charge in [0.25, 0.3) is 32.1 Å². The van der Waals surface area contributed by atoms with E-state index >= 15 is 0 Å². The topological polar surface area (TPSA) is 266 Å². The first-order valence-electron chi connectivity index (χ1n) is 15.4. The fraction of sp³-hybridized carbons (Fsp3) is 0. The zero-order valence-corrected chi connectivity index (χ0v) is 28.9. The predicted molar refractivity (Wildman–Crippen MR) is 197 cm³/mol. The number of phenolic OH excluding ortho intramolecular Hbond substituents is 2. The van der Waals surface area contributed by atoms with Crippen molar-refractivity contribution in [1.29, 1.82) is 0 Å². The van der Waals surface area contributed by atoms with Crippen molar-refractivity contribution >= 4 is 88.2 Å². The first-order valence-corrected chi connectivity index (χ1v) is 18.3. The number of nitrogens with one attached hydrogen (secondary N) is 4. The monoisotopic (exact) mass is 770 g/mol. The number of rotatable bonds is 8. The Balaban J connectivity index is 1.14. The van der Waals surface area contributed by atoms with Gasteiger partial charge in [0.05, 0.1) is 11.4 Å². The van der Waals surface area contributed by atoms with Crippen LogP contribution in [0.3, 0.4) is 0 Å². The Labute approximate surface area is 305 Å². The van der Waals surface area contributed by atoms with Gasteiger partial charge in [-0.3, -0.25) is 28.3 Å². The van der Waals surface area contributed by atoms with E-state index in [1.165, 1.54) is 97.1 Å². The summed E-state index contributed by atoms with van der Waals surface area (Å²) in [6.07, 6.45) is 0. The van der Waals surface area contributed by atoms with Gasteiger partial charge in [0.1, 0.15) is 21.3 Å². The first-order chi connectivity index (χ1) is 25.5. The number of phenols is 2. The van der Waals surface area contributed by atoms with Crippen molar-refractivity contribution in [3.63, 3.8) is 0 Å². The highest BCUT2D eigenvalue weighted by molar-refractivity contribution is 7.86. The normalized spacial score (nSPS) is 11.5.